The van der Waals surface area contributed by atoms with Crippen LogP contribution in [0.25, 0.3) is 0 Å². The van der Waals surface area contributed by atoms with Crippen molar-refractivity contribution >= 4 is 23.3 Å². The summed E-state index contributed by atoms with van der Waals surface area (Å²) in [6.45, 7) is 5.69. The number of hydrogen-bond acceptors (Lipinski definition) is 4. The molecule has 0 aliphatic carbocycles. The summed E-state index contributed by atoms with van der Waals surface area (Å²) in [4.78, 5) is 27.2. The predicted octanol–water partition coefficient (Wildman–Crippen LogP) is 3.66. The molecule has 0 saturated carbocycles. The number of benzene rings is 2. The van der Waals surface area contributed by atoms with E-state index >= 15 is 0 Å². The Bertz CT molecular complexity index is 843. The molecule has 1 amide bonds. The van der Waals surface area contributed by atoms with E-state index < -0.39 is 11.5 Å². The summed E-state index contributed by atoms with van der Waals surface area (Å²) >= 11 is 0. The maximum absolute atomic E-state index is 13.1. The number of carbonyl (C=O) groups excluding carboxylic acids is 2. The van der Waals surface area contributed by atoms with E-state index in [0.29, 0.717) is 11.4 Å². The Labute approximate surface area is 153 Å². The van der Waals surface area contributed by atoms with Crippen molar-refractivity contribution in [2.75, 3.05) is 16.8 Å². The number of nitrogens with zero attached hydrogens (tertiary/aromatic N) is 1. The van der Waals surface area contributed by atoms with Crippen molar-refractivity contribution in [3.05, 3.63) is 71.9 Å². The maximum Gasteiger partial charge on any atom is 0.336 e. The van der Waals surface area contributed by atoms with Crippen LogP contribution in [0.4, 0.5) is 11.4 Å². The average Bonchev–Trinajstić information content (AvgIpc) is 2.89. The molecule has 0 saturated heterocycles. The monoisotopic (exact) mass is 350 g/mol. The van der Waals surface area contributed by atoms with Crippen LogP contribution in [0.3, 0.4) is 0 Å². The van der Waals surface area contributed by atoms with Crippen molar-refractivity contribution in [2.24, 2.45) is 0 Å². The standard InChI is InChI=1S/C21H22N2O3/c1-4-26-20(25)21(3)14-18(22-16-12-10-15(2)11-13-16)19(24)23(21)17-8-6-5-7-9-17/h5-14,22H,4H2,1-3H3/t21-/m0/s1. The van der Waals surface area contributed by atoms with Gasteiger partial charge in [0.05, 0.1) is 6.61 Å². The van der Waals surface area contributed by atoms with Crippen LogP contribution in [0, 0.1) is 6.92 Å². The number of anilines is 2. The predicted molar refractivity (Wildman–Crippen MR) is 102 cm³/mol. The van der Waals surface area contributed by atoms with Gasteiger partial charge in [0.15, 0.2) is 5.54 Å². The number of hydrogen-bond donors (Lipinski definition) is 1. The molecule has 2 aromatic carbocycles. The molecule has 0 radical (unpaired) electrons. The normalized spacial score (nSPS) is 19.3. The van der Waals surface area contributed by atoms with E-state index in [1.165, 1.54) is 4.90 Å². The largest absolute Gasteiger partial charge is 0.464 e. The third-order valence-electron chi connectivity index (χ3n) is 4.36. The lowest BCUT2D eigenvalue weighted by Gasteiger charge is -2.32. The van der Waals surface area contributed by atoms with Crippen LogP contribution in [-0.2, 0) is 14.3 Å². The van der Waals surface area contributed by atoms with Crippen molar-refractivity contribution in [1.82, 2.24) is 0 Å². The summed E-state index contributed by atoms with van der Waals surface area (Å²) < 4.78 is 5.24. The Morgan fingerprint density at radius 3 is 2.38 bits per heavy atom. The van der Waals surface area contributed by atoms with Gasteiger partial charge in [0.1, 0.15) is 5.70 Å². The van der Waals surface area contributed by atoms with E-state index in [2.05, 4.69) is 5.32 Å². The lowest BCUT2D eigenvalue weighted by atomic mass is 10.0. The number of rotatable bonds is 5. The first-order valence-electron chi connectivity index (χ1n) is 8.59. The van der Waals surface area contributed by atoms with E-state index in [4.69, 9.17) is 4.74 Å². The second kappa shape index (κ2) is 7.04. The third kappa shape index (κ3) is 3.20. The van der Waals surface area contributed by atoms with Crippen molar-refractivity contribution in [3.8, 4) is 0 Å². The van der Waals surface area contributed by atoms with Gasteiger partial charge < -0.3 is 10.1 Å². The molecule has 1 aliphatic heterocycles. The van der Waals surface area contributed by atoms with Gasteiger partial charge in [-0.3, -0.25) is 9.69 Å². The molecular weight excluding hydrogens is 328 g/mol. The molecule has 26 heavy (non-hydrogen) atoms. The third-order valence-corrected chi connectivity index (χ3v) is 4.36. The van der Waals surface area contributed by atoms with Crippen LogP contribution in [0.1, 0.15) is 19.4 Å². The lowest BCUT2D eigenvalue weighted by molar-refractivity contribution is -0.147. The number of aryl methyl sites for hydroxylation is 1. The highest BCUT2D eigenvalue weighted by Gasteiger charge is 2.49. The van der Waals surface area contributed by atoms with Crippen LogP contribution < -0.4 is 10.2 Å². The highest BCUT2D eigenvalue weighted by molar-refractivity contribution is 6.16. The number of carbonyl (C=O) groups is 2. The fraction of sp³-hybridized carbons (Fsp3) is 0.238. The number of para-hydroxylation sites is 1. The van der Waals surface area contributed by atoms with Crippen LogP contribution in [0.5, 0.6) is 0 Å². The molecule has 2 aromatic rings. The summed E-state index contributed by atoms with van der Waals surface area (Å²) in [6.07, 6.45) is 1.64. The smallest absolute Gasteiger partial charge is 0.336 e. The van der Waals surface area contributed by atoms with Gasteiger partial charge in [-0.15, -0.1) is 0 Å². The van der Waals surface area contributed by atoms with Gasteiger partial charge in [-0.25, -0.2) is 4.79 Å². The summed E-state index contributed by atoms with van der Waals surface area (Å²) in [6, 6.07) is 16.9. The number of ether oxygens (including phenoxy) is 1. The number of amides is 1. The molecule has 0 unspecified atom stereocenters. The zero-order valence-corrected chi connectivity index (χ0v) is 15.2. The molecule has 0 aromatic heterocycles. The minimum atomic E-state index is -1.21. The maximum atomic E-state index is 13.1. The molecule has 0 fully saturated rings. The SMILES string of the molecule is CCOC(=O)[C@]1(C)C=C(Nc2ccc(C)cc2)C(=O)N1c1ccccc1. The first-order chi connectivity index (χ1) is 12.5. The van der Waals surface area contributed by atoms with E-state index in [-0.39, 0.29) is 12.5 Å². The molecule has 3 rings (SSSR count). The molecule has 1 atom stereocenters. The average molecular weight is 350 g/mol. The fourth-order valence-corrected chi connectivity index (χ4v) is 3.01. The lowest BCUT2D eigenvalue weighted by Crippen LogP contribution is -2.51. The molecule has 1 N–H and O–H groups in total. The Hall–Kier alpha value is -3.08. The highest BCUT2D eigenvalue weighted by atomic mass is 16.5. The quantitative estimate of drug-likeness (QED) is 0.836. The first-order valence-corrected chi connectivity index (χ1v) is 8.59. The van der Waals surface area contributed by atoms with Crippen LogP contribution >= 0.6 is 0 Å². The van der Waals surface area contributed by atoms with Gasteiger partial charge in [0.2, 0.25) is 0 Å². The van der Waals surface area contributed by atoms with Gasteiger partial charge in [0, 0.05) is 11.4 Å². The molecule has 134 valence electrons. The van der Waals surface area contributed by atoms with Gasteiger partial charge in [0.25, 0.3) is 5.91 Å². The molecule has 0 spiro atoms. The Kier molecular flexibility index (Phi) is 4.80. The Morgan fingerprint density at radius 2 is 1.77 bits per heavy atom. The highest BCUT2D eigenvalue weighted by Crippen LogP contribution is 2.35. The molecule has 0 bridgehead atoms. The van der Waals surface area contributed by atoms with E-state index in [1.54, 1.807) is 32.1 Å². The van der Waals surface area contributed by atoms with Gasteiger partial charge in [-0.1, -0.05) is 35.9 Å². The van der Waals surface area contributed by atoms with Crippen molar-refractivity contribution < 1.29 is 14.3 Å². The molecule has 5 nitrogen and oxygen atoms in total. The molecular formula is C21H22N2O3. The summed E-state index contributed by atoms with van der Waals surface area (Å²) in [5, 5.41) is 3.13. The van der Waals surface area contributed by atoms with Crippen LogP contribution in [0.15, 0.2) is 66.4 Å². The van der Waals surface area contributed by atoms with Crippen molar-refractivity contribution in [3.63, 3.8) is 0 Å². The van der Waals surface area contributed by atoms with E-state index in [9.17, 15) is 9.59 Å². The second-order valence-electron chi connectivity index (χ2n) is 6.39. The van der Waals surface area contributed by atoms with E-state index in [1.807, 2.05) is 49.4 Å². The summed E-state index contributed by atoms with van der Waals surface area (Å²) in [7, 11) is 0. The van der Waals surface area contributed by atoms with E-state index in [0.717, 1.165) is 11.3 Å². The number of nitrogens with one attached hydrogen (secondary N) is 1. The Morgan fingerprint density at radius 1 is 1.12 bits per heavy atom. The van der Waals surface area contributed by atoms with Crippen LogP contribution in [0.2, 0.25) is 0 Å². The van der Waals surface area contributed by atoms with Gasteiger partial charge in [-0.05, 0) is 51.1 Å². The summed E-state index contributed by atoms with van der Waals surface area (Å²) in [5.41, 5.74) is 1.71. The topological polar surface area (TPSA) is 58.6 Å². The Balaban J connectivity index is 1.99. The minimum Gasteiger partial charge on any atom is -0.464 e. The molecule has 1 aliphatic rings. The number of esters is 1. The van der Waals surface area contributed by atoms with Crippen molar-refractivity contribution in [2.45, 2.75) is 26.3 Å². The minimum absolute atomic E-state index is 0.250. The molecule has 1 heterocycles. The van der Waals surface area contributed by atoms with Crippen molar-refractivity contribution in [1.29, 1.82) is 0 Å². The zero-order valence-electron chi connectivity index (χ0n) is 15.2. The molecule has 5 heteroatoms. The van der Waals surface area contributed by atoms with Gasteiger partial charge in [-0.2, -0.15) is 0 Å². The first kappa shape index (κ1) is 17.7. The fourth-order valence-electron chi connectivity index (χ4n) is 3.01. The zero-order chi connectivity index (χ0) is 18.7. The van der Waals surface area contributed by atoms with Gasteiger partial charge >= 0.3 is 5.97 Å². The van der Waals surface area contributed by atoms with Crippen LogP contribution in [-0.4, -0.2) is 24.0 Å². The second-order valence-corrected chi connectivity index (χ2v) is 6.39. The summed E-state index contributed by atoms with van der Waals surface area (Å²) in [5.74, 6) is -0.731.